The molecule has 1 amide bonds. The minimum absolute atomic E-state index is 0.379. The third kappa shape index (κ3) is 3.99. The predicted molar refractivity (Wildman–Crippen MR) is 87.2 cm³/mol. The Morgan fingerprint density at radius 3 is 2.88 bits per heavy atom. The van der Waals surface area contributed by atoms with Gasteiger partial charge in [0, 0.05) is 25.5 Å². The number of nitrogens with two attached hydrogens (primary N) is 2. The first-order valence-electron chi connectivity index (χ1n) is 7.66. The number of esters is 1. The number of rotatable bonds is 5. The Bertz CT molecular complexity index is 606. The van der Waals surface area contributed by atoms with E-state index >= 15 is 0 Å². The molecule has 1 aromatic rings. The molecule has 4 N–H and O–H groups in total. The summed E-state index contributed by atoms with van der Waals surface area (Å²) < 4.78 is 4.45. The average molecular weight is 334 g/mol. The number of hydrogen-bond donors (Lipinski definition) is 2. The molecule has 1 aliphatic rings. The van der Waals surface area contributed by atoms with Gasteiger partial charge in [0.1, 0.15) is 0 Å². The van der Waals surface area contributed by atoms with Crippen molar-refractivity contribution in [3.63, 3.8) is 0 Å². The minimum atomic E-state index is -0.906. The van der Waals surface area contributed by atoms with E-state index in [0.717, 1.165) is 18.4 Å². The molecule has 0 aliphatic carbocycles. The van der Waals surface area contributed by atoms with Gasteiger partial charge >= 0.3 is 11.9 Å². The Labute approximate surface area is 140 Å². The van der Waals surface area contributed by atoms with Gasteiger partial charge in [-0.3, -0.25) is 14.8 Å². The largest absolute Gasteiger partial charge is 0.462 e. The first-order valence-corrected chi connectivity index (χ1v) is 7.66. The van der Waals surface area contributed by atoms with Crippen LogP contribution < -0.4 is 11.7 Å². The average Bonchev–Trinajstić information content (AvgIpc) is 2.58. The molecule has 0 bridgehead atoms. The van der Waals surface area contributed by atoms with E-state index in [1.165, 1.54) is 17.0 Å². The maximum Gasteiger partial charge on any atom is 0.396 e. The molecule has 2 heterocycles. The second-order valence-corrected chi connectivity index (χ2v) is 5.44. The number of hydrazone groups is 1. The van der Waals surface area contributed by atoms with Gasteiger partial charge in [0.15, 0.2) is 5.84 Å². The molecule has 1 atom stereocenters. The van der Waals surface area contributed by atoms with Crippen molar-refractivity contribution < 1.29 is 14.3 Å². The fourth-order valence-electron chi connectivity index (χ4n) is 2.57. The third-order valence-corrected chi connectivity index (χ3v) is 3.95. The fourth-order valence-corrected chi connectivity index (χ4v) is 2.57. The van der Waals surface area contributed by atoms with Crippen LogP contribution in [0.25, 0.3) is 0 Å². The summed E-state index contributed by atoms with van der Waals surface area (Å²) in [6, 6.07) is 3.48. The van der Waals surface area contributed by atoms with E-state index in [0.29, 0.717) is 25.3 Å². The smallest absolute Gasteiger partial charge is 0.396 e. The molecule has 2 rings (SSSR count). The molecular weight excluding hydrogens is 312 g/mol. The zero-order valence-corrected chi connectivity index (χ0v) is 13.6. The Kier molecular flexibility index (Phi) is 6.07. The first-order chi connectivity index (χ1) is 11.6. The normalized spacial score (nSPS) is 17.2. The summed E-state index contributed by atoms with van der Waals surface area (Å²) in [5.41, 5.74) is 1.11. The highest BCUT2D eigenvalue weighted by Crippen LogP contribution is 2.20. The third-order valence-electron chi connectivity index (χ3n) is 3.95. The molecule has 9 heteroatoms. The van der Waals surface area contributed by atoms with Crippen LogP contribution in [-0.2, 0) is 20.7 Å². The lowest BCUT2D eigenvalue weighted by atomic mass is 10.0. The number of ether oxygens (including phenoxy) is 1. The maximum atomic E-state index is 11.9. The molecule has 9 nitrogen and oxygen atoms in total. The number of nitrogens with zero attached hydrogens (tertiary/aromatic N) is 4. The van der Waals surface area contributed by atoms with Crippen LogP contribution in [0.1, 0.15) is 18.4 Å². The summed E-state index contributed by atoms with van der Waals surface area (Å²) in [6.07, 6.45) is 5.77. The topological polar surface area (TPSA) is 127 Å². The van der Waals surface area contributed by atoms with Gasteiger partial charge in [-0.2, -0.15) is 5.10 Å². The van der Waals surface area contributed by atoms with E-state index in [1.807, 2.05) is 18.3 Å². The van der Waals surface area contributed by atoms with E-state index < -0.39 is 17.9 Å². The summed E-state index contributed by atoms with van der Waals surface area (Å²) >= 11 is 0. The van der Waals surface area contributed by atoms with Crippen molar-refractivity contribution in [2.45, 2.75) is 25.3 Å². The quantitative estimate of drug-likeness (QED) is 0.181. The molecule has 1 saturated heterocycles. The van der Waals surface area contributed by atoms with Gasteiger partial charge in [0.05, 0.1) is 13.2 Å². The van der Waals surface area contributed by atoms with Crippen LogP contribution in [0.3, 0.4) is 0 Å². The lowest BCUT2D eigenvalue weighted by Crippen LogP contribution is -2.62. The number of carbonyl (C=O) groups is 2. The highest BCUT2D eigenvalue weighted by atomic mass is 16.5. The number of methoxy groups -OCH3 is 1. The molecule has 0 radical (unpaired) electrons. The van der Waals surface area contributed by atoms with E-state index in [1.54, 1.807) is 6.20 Å². The lowest BCUT2D eigenvalue weighted by Gasteiger charge is -2.42. The van der Waals surface area contributed by atoms with E-state index in [-0.39, 0.29) is 0 Å². The van der Waals surface area contributed by atoms with E-state index in [9.17, 15) is 9.59 Å². The van der Waals surface area contributed by atoms with Crippen molar-refractivity contribution in [1.82, 2.24) is 14.9 Å². The summed E-state index contributed by atoms with van der Waals surface area (Å²) in [4.78, 5) is 28.7. The van der Waals surface area contributed by atoms with Crippen LogP contribution >= 0.6 is 0 Å². The number of amides is 1. The van der Waals surface area contributed by atoms with Gasteiger partial charge in [-0.15, -0.1) is 0 Å². The molecule has 1 aliphatic heterocycles. The van der Waals surface area contributed by atoms with Gasteiger partial charge in [-0.1, -0.05) is 6.07 Å². The molecule has 24 heavy (non-hydrogen) atoms. The van der Waals surface area contributed by atoms with Crippen molar-refractivity contribution in [2.75, 3.05) is 20.2 Å². The number of hydrazine groups is 1. The van der Waals surface area contributed by atoms with Gasteiger partial charge in [0.25, 0.3) is 0 Å². The van der Waals surface area contributed by atoms with Crippen molar-refractivity contribution in [1.29, 1.82) is 0 Å². The van der Waals surface area contributed by atoms with Crippen LogP contribution in [0, 0.1) is 0 Å². The van der Waals surface area contributed by atoms with Crippen molar-refractivity contribution in [3.8, 4) is 0 Å². The zero-order valence-electron chi connectivity index (χ0n) is 13.6. The van der Waals surface area contributed by atoms with Gasteiger partial charge < -0.3 is 15.5 Å². The standard InChI is InChI=1S/C15H22N6O3/c1-24-15(23)14(22)20-9-6-12(20)13(19-16)21(17)8-3-5-11-4-2-7-18-10-11/h2,4,7,10,12H,3,5-6,8-9,16-17H2,1H3/b19-13-. The second-order valence-electron chi connectivity index (χ2n) is 5.44. The van der Waals surface area contributed by atoms with Crippen LogP contribution in [0.5, 0.6) is 0 Å². The van der Waals surface area contributed by atoms with Crippen molar-refractivity contribution in [2.24, 2.45) is 16.8 Å². The van der Waals surface area contributed by atoms with Crippen LogP contribution in [0.15, 0.2) is 29.6 Å². The highest BCUT2D eigenvalue weighted by molar-refractivity contribution is 6.33. The number of carbonyl (C=O) groups excluding carboxylic acids is 2. The molecular formula is C15H22N6O3. The number of aromatic nitrogens is 1. The highest BCUT2D eigenvalue weighted by Gasteiger charge is 2.40. The lowest BCUT2D eigenvalue weighted by molar-refractivity contribution is -0.161. The number of hydrogen-bond acceptors (Lipinski definition) is 7. The Morgan fingerprint density at radius 2 is 2.33 bits per heavy atom. The maximum absolute atomic E-state index is 11.9. The first kappa shape index (κ1) is 17.7. The summed E-state index contributed by atoms with van der Waals surface area (Å²) in [5.74, 6) is 10.2. The van der Waals surface area contributed by atoms with Crippen LogP contribution in [0.2, 0.25) is 0 Å². The molecule has 1 aromatic heterocycles. The van der Waals surface area contributed by atoms with Gasteiger partial charge in [-0.05, 0) is 30.9 Å². The van der Waals surface area contributed by atoms with Crippen molar-refractivity contribution >= 4 is 17.7 Å². The zero-order chi connectivity index (χ0) is 17.5. The predicted octanol–water partition coefficient (Wildman–Crippen LogP) is -0.764. The molecule has 0 spiro atoms. The van der Waals surface area contributed by atoms with Gasteiger partial charge in [0.2, 0.25) is 0 Å². The number of pyridine rings is 1. The minimum Gasteiger partial charge on any atom is -0.462 e. The summed E-state index contributed by atoms with van der Waals surface area (Å²) in [7, 11) is 1.17. The molecule has 0 aromatic carbocycles. The Morgan fingerprint density at radius 1 is 1.54 bits per heavy atom. The van der Waals surface area contributed by atoms with E-state index in [2.05, 4.69) is 14.8 Å². The van der Waals surface area contributed by atoms with E-state index in [4.69, 9.17) is 11.7 Å². The van der Waals surface area contributed by atoms with Gasteiger partial charge in [-0.25, -0.2) is 10.6 Å². The van der Waals surface area contributed by atoms with Crippen LogP contribution in [0.4, 0.5) is 0 Å². The Hall–Kier alpha value is -2.68. The van der Waals surface area contributed by atoms with Crippen LogP contribution in [-0.4, -0.2) is 58.8 Å². The molecule has 130 valence electrons. The summed E-state index contributed by atoms with van der Waals surface area (Å²) in [6.45, 7) is 0.961. The Balaban J connectivity index is 1.88. The fraction of sp³-hybridized carbons (Fsp3) is 0.467. The molecule has 1 unspecified atom stereocenters. The number of likely N-dealkylation sites (tertiary alicyclic amines) is 1. The molecule has 0 saturated carbocycles. The second kappa shape index (κ2) is 8.25. The number of amidine groups is 1. The monoisotopic (exact) mass is 334 g/mol. The molecule has 1 fully saturated rings. The van der Waals surface area contributed by atoms with Crippen molar-refractivity contribution in [3.05, 3.63) is 30.1 Å². The summed E-state index contributed by atoms with van der Waals surface area (Å²) in [5, 5.41) is 5.14. The SMILES string of the molecule is COC(=O)C(=O)N1CCC1/C(=N/N)N(N)CCCc1cccnc1. The number of aryl methyl sites for hydroxylation is 1.